The molecule has 1 aromatic carbocycles. The Labute approximate surface area is 351 Å². The van der Waals surface area contributed by atoms with Gasteiger partial charge in [-0.3, -0.25) is 29.0 Å². The number of aliphatic hydroxyl groups is 2. The maximum absolute atomic E-state index is 14.8. The van der Waals surface area contributed by atoms with Gasteiger partial charge >= 0.3 is 5.97 Å². The predicted octanol–water partition coefficient (Wildman–Crippen LogP) is 2.99. The second kappa shape index (κ2) is 21.5. The topological polar surface area (TPSA) is 241 Å². The Bertz CT molecular complexity index is 1890. The summed E-state index contributed by atoms with van der Waals surface area (Å²) >= 11 is 0. The molecule has 8 atom stereocenters. The highest BCUT2D eigenvalue weighted by atomic mass is 16.4. The van der Waals surface area contributed by atoms with Crippen LogP contribution in [0, 0.1) is 17.8 Å². The van der Waals surface area contributed by atoms with Gasteiger partial charge in [0.25, 0.3) is 0 Å². The number of nitrogens with two attached hydrogens (primary N) is 1. The first kappa shape index (κ1) is 44.6. The molecule has 2 fully saturated rings. The number of aromatic amines is 1. The number of aliphatic carboxylic acids is 1. The highest BCUT2D eigenvalue weighted by molar-refractivity contribution is 5.94. The van der Waals surface area contributed by atoms with Crippen molar-refractivity contribution in [3.8, 4) is 0 Å². The molecule has 3 amide bonds. The number of H-pyrrole nitrogens is 1. The van der Waals surface area contributed by atoms with Gasteiger partial charge in [0.05, 0.1) is 42.6 Å². The number of imidazole rings is 1. The van der Waals surface area contributed by atoms with E-state index in [0.717, 1.165) is 19.3 Å². The molecule has 0 spiro atoms. The van der Waals surface area contributed by atoms with Crippen molar-refractivity contribution < 1.29 is 39.3 Å². The van der Waals surface area contributed by atoms with E-state index in [-0.39, 0.29) is 42.9 Å². The Morgan fingerprint density at radius 1 is 0.883 bits per heavy atom. The summed E-state index contributed by atoms with van der Waals surface area (Å²) in [4.78, 5) is 82.2. The van der Waals surface area contributed by atoms with Crippen molar-refractivity contribution in [2.75, 3.05) is 13.1 Å². The van der Waals surface area contributed by atoms with E-state index in [0.29, 0.717) is 75.8 Å². The molecule has 6 rings (SSSR count). The van der Waals surface area contributed by atoms with Crippen LogP contribution in [0.1, 0.15) is 105 Å². The quantitative estimate of drug-likeness (QED) is 0.0927. The van der Waals surface area contributed by atoms with Crippen LogP contribution >= 0.6 is 0 Å². The van der Waals surface area contributed by atoms with Crippen LogP contribution in [0.2, 0.25) is 0 Å². The van der Waals surface area contributed by atoms with Crippen LogP contribution in [-0.2, 0) is 43.2 Å². The van der Waals surface area contributed by atoms with Crippen LogP contribution in [0.5, 0.6) is 0 Å². The smallest absolute Gasteiger partial charge is 0.304 e. The second-order valence-electron chi connectivity index (χ2n) is 17.0. The van der Waals surface area contributed by atoms with Crippen molar-refractivity contribution in [1.82, 2.24) is 30.5 Å². The number of nitrogens with one attached hydrogen (secondary N) is 3. The fourth-order valence-corrected chi connectivity index (χ4v) is 9.37. The standard InChI is InChI=1S/C45H61N7O8/c46-31-17-20-52(21-18-31)40(54)23-30(22-29-10-7-9-28-8-1-2-12-34(28)29)44(59)51-38(24-33-26-47-27-49-33)42(57)35-13-3-4-14-37(35)50-45(60)36(25-41(55)56)43(58)39(53)16-15-32-11-5-6-19-48-32/h1-2,5-6,8,11-12,19,26-27,29-31,35-39,43,53,58H,3-4,7,9-10,13-18,20-25,46H2,(H,47,49)(H,50,60)(H,51,59)(H,55,56)/t29?,30?,35?,36-,37?,38-,39-,43+/m0/s1. The number of piperidine rings is 1. The van der Waals surface area contributed by atoms with Gasteiger partial charge in [0.1, 0.15) is 0 Å². The highest BCUT2D eigenvalue weighted by Gasteiger charge is 2.41. The number of rotatable bonds is 19. The van der Waals surface area contributed by atoms with E-state index < -0.39 is 66.2 Å². The third-order valence-electron chi connectivity index (χ3n) is 12.8. The van der Waals surface area contributed by atoms with Crippen LogP contribution in [0.15, 0.2) is 61.2 Å². The molecule has 1 saturated heterocycles. The van der Waals surface area contributed by atoms with Crippen molar-refractivity contribution in [3.63, 3.8) is 0 Å². The SMILES string of the molecule is NC1CCN(C(=O)CC(CC2CCCc3ccccc32)C(=O)N[C@@H](Cc2c[nH]cn2)C(=O)C2CCCCC2NC(=O)[C@@H](CC(=O)O)[C@@H](O)[C@@H](O)CCc2ccccn2)CC1. The monoisotopic (exact) mass is 827 g/mol. The van der Waals surface area contributed by atoms with Crippen molar-refractivity contribution in [2.45, 2.75) is 133 Å². The number of carbonyl (C=O) groups excluding carboxylic acids is 4. The van der Waals surface area contributed by atoms with Gasteiger partial charge < -0.3 is 41.6 Å². The summed E-state index contributed by atoms with van der Waals surface area (Å²) in [6.45, 7) is 1.06. The Hall–Kier alpha value is -4.99. The lowest BCUT2D eigenvalue weighted by Crippen LogP contribution is -2.55. The first-order valence-electron chi connectivity index (χ1n) is 21.7. The summed E-state index contributed by atoms with van der Waals surface area (Å²) in [6, 6.07) is 11.8. The van der Waals surface area contributed by atoms with E-state index in [9.17, 15) is 39.3 Å². The molecule has 2 aliphatic carbocycles. The minimum atomic E-state index is -1.69. The number of aryl methyl sites for hydroxylation is 2. The summed E-state index contributed by atoms with van der Waals surface area (Å²) in [5.41, 5.74) is 9.79. The molecule has 324 valence electrons. The van der Waals surface area contributed by atoms with Gasteiger partial charge in [-0.1, -0.05) is 43.2 Å². The molecule has 1 saturated carbocycles. The lowest BCUT2D eigenvalue weighted by molar-refractivity contribution is -0.147. The maximum Gasteiger partial charge on any atom is 0.304 e. The number of aromatic nitrogens is 3. The van der Waals surface area contributed by atoms with E-state index in [1.54, 1.807) is 35.5 Å². The lowest BCUT2D eigenvalue weighted by atomic mass is 9.76. The Morgan fingerprint density at radius 2 is 1.65 bits per heavy atom. The molecule has 15 nitrogen and oxygen atoms in total. The predicted molar refractivity (Wildman–Crippen MR) is 222 cm³/mol. The normalized spacial score (nSPS) is 22.1. The number of carboxylic acids is 1. The van der Waals surface area contributed by atoms with Gasteiger partial charge in [-0.25, -0.2) is 4.98 Å². The zero-order valence-electron chi connectivity index (χ0n) is 34.3. The number of hydrogen-bond donors (Lipinski definition) is 7. The lowest BCUT2D eigenvalue weighted by Gasteiger charge is -2.36. The third-order valence-corrected chi connectivity index (χ3v) is 12.8. The summed E-state index contributed by atoms with van der Waals surface area (Å²) in [7, 11) is 0. The number of Topliss-reactive ketones (excluding diaryl/α,β-unsaturated/α-hetero) is 1. The third kappa shape index (κ3) is 12.1. The van der Waals surface area contributed by atoms with Crippen LogP contribution in [0.25, 0.3) is 0 Å². The zero-order chi connectivity index (χ0) is 42.6. The fraction of sp³-hybridized carbons (Fsp3) is 0.578. The largest absolute Gasteiger partial charge is 0.481 e. The number of benzene rings is 1. The van der Waals surface area contributed by atoms with Gasteiger partial charge in [0.15, 0.2) is 5.78 Å². The van der Waals surface area contributed by atoms with Crippen molar-refractivity contribution in [3.05, 3.63) is 83.7 Å². The molecule has 0 radical (unpaired) electrons. The minimum Gasteiger partial charge on any atom is -0.481 e. The number of amides is 3. The summed E-state index contributed by atoms with van der Waals surface area (Å²) < 4.78 is 0. The van der Waals surface area contributed by atoms with Gasteiger partial charge in [-0.05, 0) is 93.4 Å². The maximum atomic E-state index is 14.8. The summed E-state index contributed by atoms with van der Waals surface area (Å²) in [5.74, 6) is -5.80. The Morgan fingerprint density at radius 3 is 2.38 bits per heavy atom. The number of carbonyl (C=O) groups is 5. The van der Waals surface area contributed by atoms with Crippen LogP contribution in [0.3, 0.4) is 0 Å². The molecular formula is C45H61N7O8. The number of likely N-dealkylation sites (tertiary alicyclic amines) is 1. The van der Waals surface area contributed by atoms with Crippen LogP contribution in [-0.4, -0.2) is 108 Å². The molecule has 3 aliphatic rings. The van der Waals surface area contributed by atoms with Gasteiger partial charge in [0.2, 0.25) is 17.7 Å². The summed E-state index contributed by atoms with van der Waals surface area (Å²) in [5, 5.41) is 37.7. The molecule has 60 heavy (non-hydrogen) atoms. The number of hydrogen-bond acceptors (Lipinski definition) is 10. The van der Waals surface area contributed by atoms with E-state index in [2.05, 4.69) is 37.7 Å². The number of carboxylic acid groups (broad SMARTS) is 1. The van der Waals surface area contributed by atoms with E-state index in [1.165, 1.54) is 17.5 Å². The zero-order valence-corrected chi connectivity index (χ0v) is 34.3. The van der Waals surface area contributed by atoms with Gasteiger partial charge in [-0.15, -0.1) is 0 Å². The molecule has 3 aromatic rings. The van der Waals surface area contributed by atoms with Crippen molar-refractivity contribution in [2.24, 2.45) is 23.5 Å². The van der Waals surface area contributed by atoms with Crippen LogP contribution in [0.4, 0.5) is 0 Å². The highest BCUT2D eigenvalue weighted by Crippen LogP contribution is 2.37. The van der Waals surface area contributed by atoms with Crippen molar-refractivity contribution in [1.29, 1.82) is 0 Å². The molecule has 2 aromatic heterocycles. The van der Waals surface area contributed by atoms with Crippen molar-refractivity contribution >= 4 is 29.5 Å². The number of nitrogens with zero attached hydrogens (tertiary/aromatic N) is 3. The summed E-state index contributed by atoms with van der Waals surface area (Å²) in [6.07, 6.45) is 8.20. The van der Waals surface area contributed by atoms with E-state index in [1.807, 2.05) is 12.1 Å². The van der Waals surface area contributed by atoms with E-state index >= 15 is 0 Å². The van der Waals surface area contributed by atoms with E-state index in [4.69, 9.17) is 5.73 Å². The average Bonchev–Trinajstić information content (AvgIpc) is 3.77. The Kier molecular flexibility index (Phi) is 16.0. The minimum absolute atomic E-state index is 0.00777. The number of pyridine rings is 1. The molecular weight excluding hydrogens is 767 g/mol. The molecule has 0 bridgehead atoms. The first-order chi connectivity index (χ1) is 29.0. The Balaban J connectivity index is 1.20. The number of ketones is 1. The molecule has 4 unspecified atom stereocenters. The number of aliphatic hydroxyl groups excluding tert-OH is 2. The average molecular weight is 828 g/mol. The van der Waals surface area contributed by atoms with Gasteiger partial charge in [0, 0.05) is 67.9 Å². The molecule has 3 heterocycles. The molecule has 8 N–H and O–H groups in total. The van der Waals surface area contributed by atoms with Gasteiger partial charge in [-0.2, -0.15) is 0 Å². The van der Waals surface area contributed by atoms with Crippen LogP contribution < -0.4 is 16.4 Å². The number of fused-ring (bicyclic) bond motifs is 1. The second-order valence-corrected chi connectivity index (χ2v) is 17.0. The molecule has 1 aliphatic heterocycles. The fourth-order valence-electron chi connectivity index (χ4n) is 9.37. The first-order valence-corrected chi connectivity index (χ1v) is 21.7. The molecule has 15 heteroatoms.